The Kier molecular flexibility index (Phi) is 7.96. The van der Waals surface area contributed by atoms with Gasteiger partial charge in [-0.05, 0) is 43.7 Å². The number of benzene rings is 1. The first kappa shape index (κ1) is 19.5. The summed E-state index contributed by atoms with van der Waals surface area (Å²) in [4.78, 5) is 16.3. The van der Waals surface area contributed by atoms with Crippen molar-refractivity contribution in [1.82, 2.24) is 14.9 Å². The highest BCUT2D eigenvalue weighted by molar-refractivity contribution is 5.76. The van der Waals surface area contributed by atoms with E-state index in [1.54, 1.807) is 0 Å². The normalized spacial score (nSPS) is 11.4. The Hall–Kier alpha value is -1.84. The number of carbonyl (C=O) groups excluding carboxylic acids is 1. The molecule has 1 heterocycles. The van der Waals surface area contributed by atoms with Gasteiger partial charge in [0.15, 0.2) is 0 Å². The Balaban J connectivity index is 1.85. The Bertz CT molecular complexity index is 660. The van der Waals surface area contributed by atoms with Crippen molar-refractivity contribution in [3.63, 3.8) is 0 Å². The van der Waals surface area contributed by atoms with Crippen LogP contribution in [0.1, 0.15) is 65.1 Å². The van der Waals surface area contributed by atoms with Crippen LogP contribution in [0, 0.1) is 5.92 Å². The molecule has 0 spiro atoms. The molecule has 0 saturated carbocycles. The summed E-state index contributed by atoms with van der Waals surface area (Å²) in [5.41, 5.74) is 2.36. The number of nitrogens with one attached hydrogen (secondary N) is 1. The molecule has 2 rings (SSSR count). The smallest absolute Gasteiger partial charge is 0.219 e. The summed E-state index contributed by atoms with van der Waals surface area (Å²) in [5, 5.41) is 2.99. The van der Waals surface area contributed by atoms with E-state index in [1.165, 1.54) is 17.8 Å². The second-order valence-electron chi connectivity index (χ2n) is 7.26. The quantitative estimate of drug-likeness (QED) is 0.601. The standard InChI is InChI=1S/C21H33N3O/c1-4-10-21(25)22-15-9-5-6-13-20-23-18-11-7-8-12-19(18)24(20)16-14-17(2)3/h7-8,11-12,17H,4-6,9-10,13-16H2,1-3H3,(H,22,25). The van der Waals surface area contributed by atoms with Crippen LogP contribution in [-0.2, 0) is 17.8 Å². The first-order chi connectivity index (χ1) is 12.1. The number of fused-ring (bicyclic) bond motifs is 1. The fourth-order valence-electron chi connectivity index (χ4n) is 3.08. The number of hydrogen-bond acceptors (Lipinski definition) is 2. The molecule has 0 bridgehead atoms. The van der Waals surface area contributed by atoms with Gasteiger partial charge in [0, 0.05) is 25.9 Å². The molecule has 1 amide bonds. The predicted octanol–water partition coefficient (Wildman–Crippen LogP) is 4.71. The summed E-state index contributed by atoms with van der Waals surface area (Å²) in [5.74, 6) is 2.08. The number of amides is 1. The van der Waals surface area contributed by atoms with Gasteiger partial charge in [0.2, 0.25) is 5.91 Å². The third-order valence-electron chi connectivity index (χ3n) is 4.54. The van der Waals surface area contributed by atoms with Crippen LogP contribution in [0.25, 0.3) is 11.0 Å². The van der Waals surface area contributed by atoms with Crippen molar-refractivity contribution in [1.29, 1.82) is 0 Å². The number of aryl methyl sites for hydroxylation is 2. The average molecular weight is 344 g/mol. The molecular weight excluding hydrogens is 310 g/mol. The van der Waals surface area contributed by atoms with Crippen molar-refractivity contribution in [3.8, 4) is 0 Å². The molecular formula is C21H33N3O. The molecule has 1 N–H and O–H groups in total. The number of para-hydroxylation sites is 2. The summed E-state index contributed by atoms with van der Waals surface area (Å²) in [6.07, 6.45) is 7.03. The second-order valence-corrected chi connectivity index (χ2v) is 7.26. The van der Waals surface area contributed by atoms with Crippen molar-refractivity contribution in [2.24, 2.45) is 5.92 Å². The molecule has 0 saturated heterocycles. The van der Waals surface area contributed by atoms with E-state index in [9.17, 15) is 4.79 Å². The monoisotopic (exact) mass is 343 g/mol. The molecule has 0 unspecified atom stereocenters. The highest BCUT2D eigenvalue weighted by Gasteiger charge is 2.10. The fraction of sp³-hybridized carbons (Fsp3) is 0.619. The lowest BCUT2D eigenvalue weighted by Crippen LogP contribution is -2.23. The molecule has 0 aliphatic rings. The lowest BCUT2D eigenvalue weighted by atomic mass is 10.1. The zero-order chi connectivity index (χ0) is 18.1. The number of hydrogen-bond donors (Lipinski definition) is 1. The van der Waals surface area contributed by atoms with Crippen LogP contribution in [0.3, 0.4) is 0 Å². The highest BCUT2D eigenvalue weighted by atomic mass is 16.1. The van der Waals surface area contributed by atoms with Crippen LogP contribution in [-0.4, -0.2) is 22.0 Å². The SMILES string of the molecule is CCCC(=O)NCCCCCc1nc2ccccc2n1CCC(C)C. The van der Waals surface area contributed by atoms with Gasteiger partial charge in [-0.25, -0.2) is 4.98 Å². The Labute approximate surface area is 152 Å². The maximum Gasteiger partial charge on any atom is 0.219 e. The van der Waals surface area contributed by atoms with Crippen molar-refractivity contribution in [2.45, 2.75) is 72.3 Å². The van der Waals surface area contributed by atoms with E-state index in [0.29, 0.717) is 12.3 Å². The zero-order valence-electron chi connectivity index (χ0n) is 16.1. The summed E-state index contributed by atoms with van der Waals surface area (Å²) in [6, 6.07) is 8.44. The number of imidazole rings is 1. The van der Waals surface area contributed by atoms with E-state index in [-0.39, 0.29) is 5.91 Å². The molecule has 1 aromatic heterocycles. The molecule has 138 valence electrons. The van der Waals surface area contributed by atoms with Gasteiger partial charge in [-0.15, -0.1) is 0 Å². The Morgan fingerprint density at radius 3 is 2.76 bits per heavy atom. The summed E-state index contributed by atoms with van der Waals surface area (Å²) in [6.45, 7) is 8.41. The van der Waals surface area contributed by atoms with Gasteiger partial charge < -0.3 is 9.88 Å². The van der Waals surface area contributed by atoms with Crippen LogP contribution in [0.4, 0.5) is 0 Å². The van der Waals surface area contributed by atoms with Crippen molar-refractivity contribution in [2.75, 3.05) is 6.54 Å². The number of carbonyl (C=O) groups is 1. The highest BCUT2D eigenvalue weighted by Crippen LogP contribution is 2.19. The third kappa shape index (κ3) is 6.18. The number of unbranched alkanes of at least 4 members (excludes halogenated alkanes) is 2. The lowest BCUT2D eigenvalue weighted by Gasteiger charge is -2.11. The molecule has 4 nitrogen and oxygen atoms in total. The maximum absolute atomic E-state index is 11.4. The maximum atomic E-state index is 11.4. The van der Waals surface area contributed by atoms with Crippen molar-refractivity contribution in [3.05, 3.63) is 30.1 Å². The van der Waals surface area contributed by atoms with Gasteiger partial charge in [-0.2, -0.15) is 0 Å². The minimum absolute atomic E-state index is 0.179. The number of rotatable bonds is 11. The minimum Gasteiger partial charge on any atom is -0.356 e. The van der Waals surface area contributed by atoms with Gasteiger partial charge in [-0.3, -0.25) is 4.79 Å². The van der Waals surface area contributed by atoms with Gasteiger partial charge in [0.25, 0.3) is 0 Å². The van der Waals surface area contributed by atoms with Crippen LogP contribution >= 0.6 is 0 Å². The molecule has 4 heteroatoms. The molecule has 0 fully saturated rings. The molecule has 1 aromatic carbocycles. The van der Waals surface area contributed by atoms with Gasteiger partial charge in [0.1, 0.15) is 5.82 Å². The van der Waals surface area contributed by atoms with Gasteiger partial charge in [-0.1, -0.05) is 39.3 Å². The molecule has 2 aromatic rings. The molecule has 0 radical (unpaired) electrons. The van der Waals surface area contributed by atoms with E-state index in [4.69, 9.17) is 4.98 Å². The van der Waals surface area contributed by atoms with Crippen molar-refractivity contribution < 1.29 is 4.79 Å². The summed E-state index contributed by atoms with van der Waals surface area (Å²) < 4.78 is 2.40. The largest absolute Gasteiger partial charge is 0.356 e. The lowest BCUT2D eigenvalue weighted by molar-refractivity contribution is -0.121. The van der Waals surface area contributed by atoms with E-state index in [1.807, 2.05) is 6.92 Å². The van der Waals surface area contributed by atoms with Gasteiger partial charge in [0.05, 0.1) is 11.0 Å². The van der Waals surface area contributed by atoms with Crippen LogP contribution in [0.5, 0.6) is 0 Å². The Morgan fingerprint density at radius 2 is 2.00 bits per heavy atom. The van der Waals surface area contributed by atoms with E-state index < -0.39 is 0 Å². The topological polar surface area (TPSA) is 46.9 Å². The van der Waals surface area contributed by atoms with E-state index >= 15 is 0 Å². The first-order valence-corrected chi connectivity index (χ1v) is 9.82. The van der Waals surface area contributed by atoms with Crippen LogP contribution in [0.2, 0.25) is 0 Å². The van der Waals surface area contributed by atoms with Crippen LogP contribution < -0.4 is 5.32 Å². The molecule has 0 atom stereocenters. The third-order valence-corrected chi connectivity index (χ3v) is 4.54. The van der Waals surface area contributed by atoms with E-state index in [0.717, 1.165) is 50.7 Å². The first-order valence-electron chi connectivity index (χ1n) is 9.82. The molecule has 0 aliphatic heterocycles. The minimum atomic E-state index is 0.179. The molecule has 25 heavy (non-hydrogen) atoms. The van der Waals surface area contributed by atoms with Crippen molar-refractivity contribution >= 4 is 16.9 Å². The Morgan fingerprint density at radius 1 is 1.20 bits per heavy atom. The van der Waals surface area contributed by atoms with Gasteiger partial charge >= 0.3 is 0 Å². The zero-order valence-corrected chi connectivity index (χ0v) is 16.1. The fourth-order valence-corrected chi connectivity index (χ4v) is 3.08. The second kappa shape index (κ2) is 10.2. The molecule has 0 aliphatic carbocycles. The van der Waals surface area contributed by atoms with E-state index in [2.05, 4.69) is 48.0 Å². The number of aromatic nitrogens is 2. The average Bonchev–Trinajstić information content (AvgIpc) is 2.93. The summed E-state index contributed by atoms with van der Waals surface area (Å²) in [7, 11) is 0. The summed E-state index contributed by atoms with van der Waals surface area (Å²) >= 11 is 0. The number of nitrogens with zero attached hydrogens (tertiary/aromatic N) is 2. The van der Waals surface area contributed by atoms with Crippen LogP contribution in [0.15, 0.2) is 24.3 Å². The predicted molar refractivity (Wildman–Crippen MR) is 105 cm³/mol.